The Morgan fingerprint density at radius 3 is 2.38 bits per heavy atom. The summed E-state index contributed by atoms with van der Waals surface area (Å²) in [7, 11) is 6.44. The predicted molar refractivity (Wildman–Crippen MR) is 105 cm³/mol. The number of nitrogens with zero attached hydrogens (tertiary/aromatic N) is 1. The summed E-state index contributed by atoms with van der Waals surface area (Å²) >= 11 is 0. The molecule has 0 bridgehead atoms. The first-order valence-electron chi connectivity index (χ1n) is 8.42. The zero-order valence-electron chi connectivity index (χ0n) is 16.3. The Balaban J connectivity index is 2.89. The minimum atomic E-state index is -0.587. The van der Waals surface area contributed by atoms with Crippen LogP contribution in [0.2, 0.25) is 0 Å². The van der Waals surface area contributed by atoms with Gasteiger partial charge in [-0.3, -0.25) is 4.79 Å². The molecule has 0 radical (unpaired) electrons. The first-order valence-corrected chi connectivity index (χ1v) is 8.42. The van der Waals surface area contributed by atoms with Gasteiger partial charge in [0.2, 0.25) is 0 Å². The van der Waals surface area contributed by atoms with Gasteiger partial charge in [-0.25, -0.2) is 0 Å². The van der Waals surface area contributed by atoms with Crippen LogP contribution in [-0.2, 0) is 19.0 Å². The molecule has 0 aliphatic heterocycles. The molecule has 5 heteroatoms. The Hall–Kier alpha value is -2.21. The molecule has 0 saturated carbocycles. The van der Waals surface area contributed by atoms with E-state index in [0.717, 1.165) is 11.1 Å². The van der Waals surface area contributed by atoms with E-state index in [4.69, 9.17) is 14.2 Å². The van der Waals surface area contributed by atoms with Crippen LogP contribution < -0.4 is 0 Å². The van der Waals surface area contributed by atoms with E-state index in [2.05, 4.69) is 6.08 Å². The quantitative estimate of drug-likeness (QED) is 0.365. The number of carbonyl (C=O) groups is 1. The van der Waals surface area contributed by atoms with Crippen LogP contribution in [0.1, 0.15) is 12.5 Å². The molecule has 5 nitrogen and oxygen atoms in total. The topological polar surface area (TPSA) is 48.0 Å². The number of benzene rings is 1. The van der Waals surface area contributed by atoms with E-state index in [1.165, 1.54) is 14.2 Å². The summed E-state index contributed by atoms with van der Waals surface area (Å²) in [6, 6.07) is 10.0. The van der Waals surface area contributed by atoms with Crippen molar-refractivity contribution in [3.8, 4) is 0 Å². The summed E-state index contributed by atoms with van der Waals surface area (Å²) in [6.45, 7) is 2.95. The lowest BCUT2D eigenvalue weighted by molar-refractivity contribution is -0.125. The van der Waals surface area contributed by atoms with Crippen LogP contribution in [-0.4, -0.2) is 58.6 Å². The molecule has 0 N–H and O–H groups in total. The van der Waals surface area contributed by atoms with Crippen molar-refractivity contribution in [2.75, 3.05) is 41.5 Å². The number of hydrogen-bond acceptors (Lipinski definition) is 4. The van der Waals surface area contributed by atoms with Gasteiger partial charge >= 0.3 is 0 Å². The standard InChI is InChI=1S/C21H29NO4/c1-17(14-18-10-7-6-8-11-18)16-22(2)21(23)19(12-9-13-24-3)15-20(25-4)26-5/h6-12,14-15,20H,13,16H2,1-5H3/b12-9-,17-14+,19-15+. The normalized spacial score (nSPS) is 12.8. The number of likely N-dealkylation sites (N-methyl/N-ethyl adjacent to an activating group) is 1. The van der Waals surface area contributed by atoms with Gasteiger partial charge in [0.1, 0.15) is 0 Å². The second-order valence-corrected chi connectivity index (χ2v) is 5.88. The van der Waals surface area contributed by atoms with Gasteiger partial charge in [-0.05, 0) is 18.6 Å². The van der Waals surface area contributed by atoms with Gasteiger partial charge < -0.3 is 19.1 Å². The van der Waals surface area contributed by atoms with Crippen molar-refractivity contribution in [2.24, 2.45) is 0 Å². The maximum absolute atomic E-state index is 12.8. The van der Waals surface area contributed by atoms with E-state index in [1.807, 2.05) is 37.3 Å². The van der Waals surface area contributed by atoms with E-state index in [1.54, 1.807) is 37.3 Å². The van der Waals surface area contributed by atoms with Gasteiger partial charge in [-0.2, -0.15) is 0 Å². The van der Waals surface area contributed by atoms with Crippen LogP contribution in [0.15, 0.2) is 59.7 Å². The van der Waals surface area contributed by atoms with Crippen molar-refractivity contribution < 1.29 is 19.0 Å². The van der Waals surface area contributed by atoms with E-state index >= 15 is 0 Å². The van der Waals surface area contributed by atoms with E-state index in [9.17, 15) is 4.79 Å². The summed E-state index contributed by atoms with van der Waals surface area (Å²) in [4.78, 5) is 14.5. The molecule has 1 aromatic rings. The molecular weight excluding hydrogens is 330 g/mol. The summed E-state index contributed by atoms with van der Waals surface area (Å²) in [5.74, 6) is -0.114. The van der Waals surface area contributed by atoms with Crippen molar-refractivity contribution in [1.29, 1.82) is 0 Å². The van der Waals surface area contributed by atoms with E-state index < -0.39 is 6.29 Å². The molecular formula is C21H29NO4. The predicted octanol–water partition coefficient (Wildman–Crippen LogP) is 3.30. The third-order valence-electron chi connectivity index (χ3n) is 3.63. The fourth-order valence-corrected chi connectivity index (χ4v) is 2.39. The molecule has 0 aliphatic rings. The molecule has 1 aromatic carbocycles. The van der Waals surface area contributed by atoms with Crippen molar-refractivity contribution in [3.05, 3.63) is 65.3 Å². The van der Waals surface area contributed by atoms with Crippen molar-refractivity contribution in [1.82, 2.24) is 4.90 Å². The van der Waals surface area contributed by atoms with Crippen LogP contribution in [0.4, 0.5) is 0 Å². The Labute approximate surface area is 156 Å². The maximum Gasteiger partial charge on any atom is 0.253 e. The van der Waals surface area contributed by atoms with E-state index in [0.29, 0.717) is 18.7 Å². The summed E-state index contributed by atoms with van der Waals surface area (Å²) in [5, 5.41) is 0. The van der Waals surface area contributed by atoms with Crippen molar-refractivity contribution in [2.45, 2.75) is 13.2 Å². The number of ether oxygens (including phenoxy) is 3. The van der Waals surface area contributed by atoms with Crippen molar-refractivity contribution in [3.63, 3.8) is 0 Å². The minimum Gasteiger partial charge on any atom is -0.381 e. The molecule has 0 unspecified atom stereocenters. The van der Waals surface area contributed by atoms with Crippen LogP contribution in [0.25, 0.3) is 6.08 Å². The number of rotatable bonds is 10. The zero-order chi connectivity index (χ0) is 19.4. The summed E-state index contributed by atoms with van der Waals surface area (Å²) in [5.41, 5.74) is 2.69. The second-order valence-electron chi connectivity index (χ2n) is 5.88. The second kappa shape index (κ2) is 12.2. The molecule has 0 saturated heterocycles. The molecule has 1 amide bonds. The first kappa shape index (κ1) is 21.8. The molecule has 0 fully saturated rings. The highest BCUT2D eigenvalue weighted by Crippen LogP contribution is 2.11. The summed E-state index contributed by atoms with van der Waals surface area (Å²) < 4.78 is 15.4. The molecule has 0 atom stereocenters. The monoisotopic (exact) mass is 359 g/mol. The molecule has 1 rings (SSSR count). The van der Waals surface area contributed by atoms with Crippen LogP contribution in [0.5, 0.6) is 0 Å². The SMILES string of the molecule is COC/C=C\C(=C/C(OC)OC)C(=O)N(C)C/C(C)=C/c1ccccc1. The number of hydrogen-bond donors (Lipinski definition) is 0. The lowest BCUT2D eigenvalue weighted by Gasteiger charge is -2.19. The maximum atomic E-state index is 12.8. The zero-order valence-corrected chi connectivity index (χ0v) is 16.3. The van der Waals surface area contributed by atoms with Crippen molar-refractivity contribution >= 4 is 12.0 Å². The molecule has 0 aliphatic carbocycles. The number of methoxy groups -OCH3 is 3. The molecule has 26 heavy (non-hydrogen) atoms. The summed E-state index contributed by atoms with van der Waals surface area (Å²) in [6.07, 6.45) is 6.65. The largest absolute Gasteiger partial charge is 0.381 e. The lowest BCUT2D eigenvalue weighted by atomic mass is 10.1. The molecule has 0 aromatic heterocycles. The Bertz CT molecular complexity index is 631. The third kappa shape index (κ3) is 7.78. The van der Waals surface area contributed by atoms with E-state index in [-0.39, 0.29) is 5.91 Å². The first-order chi connectivity index (χ1) is 12.5. The minimum absolute atomic E-state index is 0.114. The molecule has 0 spiro atoms. The third-order valence-corrected chi connectivity index (χ3v) is 3.63. The molecule has 142 valence electrons. The fourth-order valence-electron chi connectivity index (χ4n) is 2.39. The highest BCUT2D eigenvalue weighted by atomic mass is 16.7. The van der Waals surface area contributed by atoms with Gasteiger partial charge in [-0.1, -0.05) is 54.1 Å². The Kier molecular flexibility index (Phi) is 10.2. The average molecular weight is 359 g/mol. The van der Waals surface area contributed by atoms with Gasteiger partial charge in [-0.15, -0.1) is 0 Å². The average Bonchev–Trinajstić information content (AvgIpc) is 2.64. The highest BCUT2D eigenvalue weighted by Gasteiger charge is 2.15. The highest BCUT2D eigenvalue weighted by molar-refractivity contribution is 5.96. The van der Waals surface area contributed by atoms with Gasteiger partial charge in [0, 0.05) is 40.5 Å². The van der Waals surface area contributed by atoms with Crippen LogP contribution in [0.3, 0.4) is 0 Å². The lowest BCUT2D eigenvalue weighted by Crippen LogP contribution is -2.30. The fraction of sp³-hybridized carbons (Fsp3) is 0.381. The number of carbonyl (C=O) groups excluding carboxylic acids is 1. The number of amides is 1. The molecule has 0 heterocycles. The Morgan fingerprint density at radius 2 is 1.81 bits per heavy atom. The van der Waals surface area contributed by atoms with Crippen LogP contribution in [0, 0.1) is 0 Å². The van der Waals surface area contributed by atoms with Gasteiger partial charge in [0.05, 0.1) is 6.61 Å². The van der Waals surface area contributed by atoms with Gasteiger partial charge in [0.15, 0.2) is 6.29 Å². The smallest absolute Gasteiger partial charge is 0.253 e. The Morgan fingerprint density at radius 1 is 1.15 bits per heavy atom. The van der Waals surface area contributed by atoms with Gasteiger partial charge in [0.25, 0.3) is 5.91 Å². The van der Waals surface area contributed by atoms with Crippen LogP contribution >= 0.6 is 0 Å².